The van der Waals surface area contributed by atoms with E-state index in [0.29, 0.717) is 0 Å². The summed E-state index contributed by atoms with van der Waals surface area (Å²) in [4.78, 5) is 15.2. The fourth-order valence-corrected chi connectivity index (χ4v) is 4.69. The van der Waals surface area contributed by atoms with Gasteiger partial charge >= 0.3 is 6.03 Å². The fourth-order valence-electron chi connectivity index (χ4n) is 3.95. The number of fused-ring (bicyclic) bond motifs is 1. The molecule has 0 radical (unpaired) electrons. The second-order valence-corrected chi connectivity index (χ2v) is 7.50. The lowest BCUT2D eigenvalue weighted by Crippen LogP contribution is -2.38. The number of hydrogen-bond donors (Lipinski definition) is 2. The summed E-state index contributed by atoms with van der Waals surface area (Å²) in [7, 11) is 0. The molecule has 1 aliphatic heterocycles. The van der Waals surface area contributed by atoms with Crippen LogP contribution in [0.25, 0.3) is 0 Å². The number of anilines is 1. The topological polar surface area (TPSA) is 79.5 Å². The first-order valence-electron chi connectivity index (χ1n) is 8.38. The highest BCUT2D eigenvalue weighted by atomic mass is 32.1. The summed E-state index contributed by atoms with van der Waals surface area (Å²) in [6, 6.07) is 14.3. The van der Waals surface area contributed by atoms with Crippen molar-refractivity contribution in [3.63, 3.8) is 0 Å². The van der Waals surface area contributed by atoms with Crippen LogP contribution in [0.5, 0.6) is 5.75 Å². The van der Waals surface area contributed by atoms with Crippen LogP contribution in [0.15, 0.2) is 48.5 Å². The SMILES string of the molecule is Cc1nsc(C)c1C1C(c2ccc(O)cc2)c2ccccc2N1C(N)=O. The number of aromatic nitrogens is 1. The number of primary amides is 1. The van der Waals surface area contributed by atoms with Gasteiger partial charge in [0.05, 0.1) is 17.4 Å². The summed E-state index contributed by atoms with van der Waals surface area (Å²) in [5.41, 5.74) is 10.7. The molecule has 0 bridgehead atoms. The highest BCUT2D eigenvalue weighted by molar-refractivity contribution is 7.05. The zero-order valence-corrected chi connectivity index (χ0v) is 15.3. The number of aromatic hydroxyl groups is 1. The lowest BCUT2D eigenvalue weighted by Gasteiger charge is -2.28. The number of urea groups is 1. The van der Waals surface area contributed by atoms with Gasteiger partial charge in [-0.3, -0.25) is 4.90 Å². The smallest absolute Gasteiger partial charge is 0.319 e. The first kappa shape index (κ1) is 16.6. The Balaban J connectivity index is 1.98. The van der Waals surface area contributed by atoms with Crippen molar-refractivity contribution in [3.05, 3.63) is 75.8 Å². The van der Waals surface area contributed by atoms with Crippen molar-refractivity contribution < 1.29 is 9.90 Å². The fraction of sp³-hybridized carbons (Fsp3) is 0.200. The van der Waals surface area contributed by atoms with E-state index in [2.05, 4.69) is 4.37 Å². The van der Waals surface area contributed by atoms with Gasteiger partial charge in [-0.25, -0.2) is 4.79 Å². The lowest BCUT2D eigenvalue weighted by atomic mass is 9.84. The highest BCUT2D eigenvalue weighted by Gasteiger charge is 2.44. The van der Waals surface area contributed by atoms with Crippen molar-refractivity contribution in [1.82, 2.24) is 4.37 Å². The minimum Gasteiger partial charge on any atom is -0.508 e. The van der Waals surface area contributed by atoms with Crippen molar-refractivity contribution in [2.24, 2.45) is 5.73 Å². The van der Waals surface area contributed by atoms with Gasteiger partial charge in [-0.1, -0.05) is 30.3 Å². The minimum absolute atomic E-state index is 0.0758. The maximum Gasteiger partial charge on any atom is 0.319 e. The molecule has 5 nitrogen and oxygen atoms in total. The Bertz CT molecular complexity index is 961. The molecule has 2 amide bonds. The molecule has 26 heavy (non-hydrogen) atoms. The number of amides is 2. The van der Waals surface area contributed by atoms with Crippen LogP contribution in [-0.4, -0.2) is 15.5 Å². The van der Waals surface area contributed by atoms with Crippen molar-refractivity contribution in [1.29, 1.82) is 0 Å². The summed E-state index contributed by atoms with van der Waals surface area (Å²) in [5.74, 6) is 0.140. The predicted octanol–water partition coefficient (Wildman–Crippen LogP) is 4.24. The number of nitrogens with two attached hydrogens (primary N) is 1. The second kappa shape index (κ2) is 6.14. The number of carbonyl (C=O) groups is 1. The molecule has 0 saturated carbocycles. The van der Waals surface area contributed by atoms with E-state index >= 15 is 0 Å². The Morgan fingerprint density at radius 3 is 2.46 bits per heavy atom. The zero-order valence-electron chi connectivity index (χ0n) is 14.5. The van der Waals surface area contributed by atoms with E-state index in [0.717, 1.165) is 32.9 Å². The molecule has 0 fully saturated rings. The molecule has 132 valence electrons. The van der Waals surface area contributed by atoms with Gasteiger partial charge in [0.25, 0.3) is 0 Å². The number of phenols is 1. The number of hydrogen-bond acceptors (Lipinski definition) is 4. The molecule has 0 spiro atoms. The van der Waals surface area contributed by atoms with Crippen molar-refractivity contribution in [3.8, 4) is 5.75 Å². The molecule has 1 aromatic heterocycles. The van der Waals surface area contributed by atoms with E-state index in [4.69, 9.17) is 5.73 Å². The maximum absolute atomic E-state index is 12.4. The van der Waals surface area contributed by atoms with Crippen molar-refractivity contribution >= 4 is 23.3 Å². The summed E-state index contributed by atoms with van der Waals surface area (Å²) >= 11 is 1.44. The van der Waals surface area contributed by atoms with Crippen LogP contribution in [0.1, 0.15) is 39.2 Å². The van der Waals surface area contributed by atoms with Crippen LogP contribution in [-0.2, 0) is 0 Å². The second-order valence-electron chi connectivity index (χ2n) is 6.52. The third-order valence-electron chi connectivity index (χ3n) is 5.00. The Kier molecular flexibility index (Phi) is 3.92. The maximum atomic E-state index is 12.4. The molecule has 3 N–H and O–H groups in total. The van der Waals surface area contributed by atoms with Gasteiger partial charge in [-0.2, -0.15) is 4.37 Å². The molecule has 2 unspecified atom stereocenters. The third kappa shape index (κ3) is 2.45. The van der Waals surface area contributed by atoms with E-state index in [1.54, 1.807) is 17.0 Å². The highest BCUT2D eigenvalue weighted by Crippen LogP contribution is 2.53. The number of aryl methyl sites for hydroxylation is 2. The van der Waals surface area contributed by atoms with Crippen LogP contribution in [0.4, 0.5) is 10.5 Å². The molecule has 2 heterocycles. The molecule has 2 atom stereocenters. The van der Waals surface area contributed by atoms with Gasteiger partial charge in [-0.15, -0.1) is 0 Å². The van der Waals surface area contributed by atoms with E-state index in [1.165, 1.54) is 11.5 Å². The molecule has 3 aromatic rings. The van der Waals surface area contributed by atoms with Gasteiger partial charge in [0.15, 0.2) is 0 Å². The number of phenolic OH excluding ortho intramolecular Hbond substituents is 1. The third-order valence-corrected chi connectivity index (χ3v) is 5.86. The summed E-state index contributed by atoms with van der Waals surface area (Å²) in [6.07, 6.45) is 0. The predicted molar refractivity (Wildman–Crippen MR) is 103 cm³/mol. The first-order valence-corrected chi connectivity index (χ1v) is 9.15. The average molecular weight is 365 g/mol. The molecular formula is C20H19N3O2S. The Morgan fingerprint density at radius 1 is 1.15 bits per heavy atom. The Hall–Kier alpha value is -2.86. The lowest BCUT2D eigenvalue weighted by molar-refractivity contribution is 0.252. The summed E-state index contributed by atoms with van der Waals surface area (Å²) < 4.78 is 4.48. The average Bonchev–Trinajstić information content (AvgIpc) is 3.12. The molecule has 2 aromatic carbocycles. The normalized spacial score (nSPS) is 18.8. The standard InChI is InChI=1S/C20H19N3O2S/c1-11-17(12(2)26-22-11)19-18(13-7-9-14(24)10-8-13)15-5-3-4-6-16(15)23(19)20(21)25/h3-10,18-19,24H,1-2H3,(H2,21,25). The van der Waals surface area contributed by atoms with E-state index in [9.17, 15) is 9.90 Å². The minimum atomic E-state index is -0.478. The number of nitrogens with zero attached hydrogens (tertiary/aromatic N) is 2. The molecule has 6 heteroatoms. The number of para-hydroxylation sites is 1. The van der Waals surface area contributed by atoms with E-state index < -0.39 is 6.03 Å². The van der Waals surface area contributed by atoms with Gasteiger partial charge in [0.2, 0.25) is 0 Å². The van der Waals surface area contributed by atoms with Crippen molar-refractivity contribution in [2.75, 3.05) is 4.90 Å². The Labute approximate surface area is 155 Å². The first-order chi connectivity index (χ1) is 12.5. The molecule has 4 rings (SSSR count). The van der Waals surface area contributed by atoms with Gasteiger partial charge < -0.3 is 10.8 Å². The van der Waals surface area contributed by atoms with Crippen LogP contribution in [0.2, 0.25) is 0 Å². The number of benzene rings is 2. The van der Waals surface area contributed by atoms with Gasteiger partial charge in [0, 0.05) is 16.4 Å². The quantitative estimate of drug-likeness (QED) is 0.713. The van der Waals surface area contributed by atoms with Crippen LogP contribution >= 0.6 is 11.5 Å². The molecule has 0 saturated heterocycles. The zero-order chi connectivity index (χ0) is 18.4. The number of rotatable bonds is 2. The van der Waals surface area contributed by atoms with Crippen molar-refractivity contribution in [2.45, 2.75) is 25.8 Å². The molecule has 0 aliphatic carbocycles. The Morgan fingerprint density at radius 2 is 1.85 bits per heavy atom. The van der Waals surface area contributed by atoms with E-state index in [-0.39, 0.29) is 17.7 Å². The van der Waals surface area contributed by atoms with E-state index in [1.807, 2.05) is 50.2 Å². The molecular weight excluding hydrogens is 346 g/mol. The van der Waals surface area contributed by atoms with Crippen LogP contribution < -0.4 is 10.6 Å². The molecule has 1 aliphatic rings. The largest absolute Gasteiger partial charge is 0.508 e. The van der Waals surface area contributed by atoms with Crippen LogP contribution in [0, 0.1) is 13.8 Å². The number of carbonyl (C=O) groups excluding carboxylic acids is 1. The monoisotopic (exact) mass is 365 g/mol. The van der Waals surface area contributed by atoms with Gasteiger partial charge in [-0.05, 0) is 54.7 Å². The summed E-state index contributed by atoms with van der Waals surface area (Å²) in [5, 5.41) is 9.68. The van der Waals surface area contributed by atoms with Gasteiger partial charge in [0.1, 0.15) is 5.75 Å². The van der Waals surface area contributed by atoms with Crippen LogP contribution in [0.3, 0.4) is 0 Å². The summed E-state index contributed by atoms with van der Waals surface area (Å²) in [6.45, 7) is 3.99.